The quantitative estimate of drug-likeness (QED) is 0.420. The molecule has 0 atom stereocenters. The third-order valence-electron chi connectivity index (χ3n) is 3.79. The molecule has 0 unspecified atom stereocenters. The Bertz CT molecular complexity index is 494. The molecular formula is C17H30N2O6. The van der Waals surface area contributed by atoms with Gasteiger partial charge in [-0.25, -0.2) is 14.4 Å². The van der Waals surface area contributed by atoms with E-state index in [-0.39, 0.29) is 32.5 Å². The average Bonchev–Trinajstić information content (AvgIpc) is 2.88. The first-order chi connectivity index (χ1) is 11.5. The van der Waals surface area contributed by atoms with Gasteiger partial charge in [-0.2, -0.15) is 0 Å². The molecule has 0 saturated carbocycles. The summed E-state index contributed by atoms with van der Waals surface area (Å²) in [6.07, 6.45) is -0.753. The summed E-state index contributed by atoms with van der Waals surface area (Å²) in [7, 11) is 0. The van der Waals surface area contributed by atoms with Crippen LogP contribution in [0.25, 0.3) is 0 Å². The normalized spacial score (nSPS) is 17.5. The minimum Gasteiger partial charge on any atom is -0.464 e. The van der Waals surface area contributed by atoms with Gasteiger partial charge < -0.3 is 14.2 Å². The Morgan fingerprint density at radius 3 is 1.88 bits per heavy atom. The Balaban J connectivity index is 3.35. The fourth-order valence-electron chi connectivity index (χ4n) is 2.54. The molecule has 0 spiro atoms. The topological polar surface area (TPSA) is 85.4 Å². The van der Waals surface area contributed by atoms with Gasteiger partial charge in [0.15, 0.2) is 0 Å². The van der Waals surface area contributed by atoms with E-state index in [2.05, 4.69) is 0 Å². The van der Waals surface area contributed by atoms with E-state index in [0.29, 0.717) is 0 Å². The molecule has 144 valence electrons. The molecule has 1 aliphatic rings. The molecule has 1 saturated heterocycles. The monoisotopic (exact) mass is 358 g/mol. The molecule has 0 aromatic carbocycles. The molecule has 1 rings (SSSR count). The van der Waals surface area contributed by atoms with Crippen molar-refractivity contribution in [1.82, 2.24) is 9.80 Å². The lowest BCUT2D eigenvalue weighted by molar-refractivity contribution is -0.171. The molecule has 8 heteroatoms. The predicted octanol–water partition coefficient (Wildman–Crippen LogP) is 1.77. The van der Waals surface area contributed by atoms with Gasteiger partial charge >= 0.3 is 18.0 Å². The van der Waals surface area contributed by atoms with E-state index in [1.54, 1.807) is 34.6 Å². The highest BCUT2D eigenvalue weighted by Crippen LogP contribution is 2.31. The van der Waals surface area contributed by atoms with Gasteiger partial charge in [-0.15, -0.1) is 0 Å². The van der Waals surface area contributed by atoms with Crippen molar-refractivity contribution in [3.8, 4) is 0 Å². The van der Waals surface area contributed by atoms with Gasteiger partial charge in [0.2, 0.25) is 0 Å². The van der Waals surface area contributed by atoms with Crippen molar-refractivity contribution in [3.63, 3.8) is 0 Å². The van der Waals surface area contributed by atoms with E-state index in [0.717, 1.165) is 4.90 Å². The number of hydrogen-bond acceptors (Lipinski definition) is 7. The Morgan fingerprint density at radius 1 is 1.04 bits per heavy atom. The van der Waals surface area contributed by atoms with Crippen LogP contribution in [0.1, 0.15) is 48.5 Å². The van der Waals surface area contributed by atoms with Crippen molar-refractivity contribution in [2.45, 2.75) is 65.6 Å². The van der Waals surface area contributed by atoms with E-state index >= 15 is 0 Å². The lowest BCUT2D eigenvalue weighted by atomic mass is 9.99. The van der Waals surface area contributed by atoms with Gasteiger partial charge in [0, 0.05) is 12.6 Å². The summed E-state index contributed by atoms with van der Waals surface area (Å²) < 4.78 is 15.6. The second-order valence-corrected chi connectivity index (χ2v) is 7.19. The molecule has 0 aliphatic carbocycles. The number of hydrogen-bond donors (Lipinski definition) is 0. The van der Waals surface area contributed by atoms with Gasteiger partial charge in [0.1, 0.15) is 5.60 Å². The van der Waals surface area contributed by atoms with Crippen molar-refractivity contribution in [2.24, 2.45) is 0 Å². The van der Waals surface area contributed by atoms with Crippen LogP contribution < -0.4 is 0 Å². The van der Waals surface area contributed by atoms with Gasteiger partial charge in [-0.1, -0.05) is 0 Å². The summed E-state index contributed by atoms with van der Waals surface area (Å²) >= 11 is 0. The molecule has 0 bridgehead atoms. The Morgan fingerprint density at radius 2 is 1.52 bits per heavy atom. The molecule has 1 amide bonds. The molecule has 0 aromatic rings. The largest absolute Gasteiger partial charge is 0.464 e. The van der Waals surface area contributed by atoms with Crippen LogP contribution in [0.5, 0.6) is 0 Å². The van der Waals surface area contributed by atoms with Gasteiger partial charge in [-0.05, 0) is 48.5 Å². The van der Waals surface area contributed by atoms with Gasteiger partial charge in [-0.3, -0.25) is 9.80 Å². The van der Waals surface area contributed by atoms with Gasteiger partial charge in [0.25, 0.3) is 5.54 Å². The average molecular weight is 358 g/mol. The first-order valence-electron chi connectivity index (χ1n) is 8.58. The molecule has 8 nitrogen and oxygen atoms in total. The lowest BCUT2D eigenvalue weighted by Crippen LogP contribution is -2.62. The summed E-state index contributed by atoms with van der Waals surface area (Å²) in [5.41, 5.74) is -2.63. The second-order valence-electron chi connectivity index (χ2n) is 7.19. The van der Waals surface area contributed by atoms with E-state index in [1.807, 2.05) is 18.7 Å². The summed E-state index contributed by atoms with van der Waals surface area (Å²) in [5, 5.41) is 0. The molecule has 0 aromatic heterocycles. The van der Waals surface area contributed by atoms with Crippen LogP contribution in [0.4, 0.5) is 4.79 Å². The number of carbonyl (C=O) groups excluding carboxylic acids is 3. The molecule has 0 N–H and O–H groups in total. The van der Waals surface area contributed by atoms with Crippen LogP contribution in [0.15, 0.2) is 0 Å². The lowest BCUT2D eigenvalue weighted by Gasteiger charge is -2.33. The fraction of sp³-hybridized carbons (Fsp3) is 0.824. The van der Waals surface area contributed by atoms with Crippen LogP contribution in [0.3, 0.4) is 0 Å². The van der Waals surface area contributed by atoms with E-state index in [1.165, 1.54) is 0 Å². The number of rotatable bonds is 5. The number of amides is 1. The van der Waals surface area contributed by atoms with E-state index in [9.17, 15) is 14.4 Å². The number of nitrogens with zero attached hydrogens (tertiary/aromatic N) is 2. The SMILES string of the molecule is CCOC(=O)C1(C(=O)OCC)CN(C(C)C)CN1C(=O)OC(C)(C)C. The molecule has 0 radical (unpaired) electrons. The molecule has 1 aliphatic heterocycles. The van der Waals surface area contributed by atoms with Crippen LogP contribution >= 0.6 is 0 Å². The minimum atomic E-state index is -1.86. The van der Waals surface area contributed by atoms with E-state index in [4.69, 9.17) is 14.2 Å². The molecular weight excluding hydrogens is 328 g/mol. The summed E-state index contributed by atoms with van der Waals surface area (Å²) in [6, 6.07) is 0.00987. The summed E-state index contributed by atoms with van der Waals surface area (Å²) in [4.78, 5) is 41.1. The highest BCUT2D eigenvalue weighted by atomic mass is 16.6. The smallest absolute Gasteiger partial charge is 0.412 e. The minimum absolute atomic E-state index is 0.00156. The Hall–Kier alpha value is -1.83. The van der Waals surface area contributed by atoms with Crippen LogP contribution in [0, 0.1) is 0 Å². The summed E-state index contributed by atoms with van der Waals surface area (Å²) in [5.74, 6) is -1.61. The third kappa shape index (κ3) is 4.62. The summed E-state index contributed by atoms with van der Waals surface area (Å²) in [6.45, 7) is 12.5. The fourth-order valence-corrected chi connectivity index (χ4v) is 2.54. The second kappa shape index (κ2) is 8.03. The molecule has 25 heavy (non-hydrogen) atoms. The van der Waals surface area contributed by atoms with Crippen molar-refractivity contribution in [3.05, 3.63) is 0 Å². The zero-order chi connectivity index (χ0) is 19.4. The maximum Gasteiger partial charge on any atom is 0.412 e. The first-order valence-corrected chi connectivity index (χ1v) is 8.58. The number of ether oxygens (including phenoxy) is 3. The molecule has 1 heterocycles. The maximum absolute atomic E-state index is 12.7. The standard InChI is InChI=1S/C17H30N2O6/c1-8-23-13(20)17(14(21)24-9-2)10-18(12(3)4)11-19(17)15(22)25-16(5,6)7/h12H,8-11H2,1-7H3. The number of esters is 2. The zero-order valence-corrected chi connectivity index (χ0v) is 16.2. The van der Waals surface area contributed by atoms with Crippen molar-refractivity contribution < 1.29 is 28.6 Å². The first kappa shape index (κ1) is 21.2. The van der Waals surface area contributed by atoms with Crippen molar-refractivity contribution in [1.29, 1.82) is 0 Å². The highest BCUT2D eigenvalue weighted by molar-refractivity contribution is 6.08. The number of carbonyl (C=O) groups is 3. The van der Waals surface area contributed by atoms with Crippen molar-refractivity contribution >= 4 is 18.0 Å². The Labute approximate surface area is 149 Å². The van der Waals surface area contributed by atoms with Crippen LogP contribution in [-0.2, 0) is 23.8 Å². The highest BCUT2D eigenvalue weighted by Gasteiger charge is 2.62. The van der Waals surface area contributed by atoms with Gasteiger partial charge in [0.05, 0.1) is 19.9 Å². The third-order valence-corrected chi connectivity index (χ3v) is 3.79. The van der Waals surface area contributed by atoms with Crippen molar-refractivity contribution in [2.75, 3.05) is 26.4 Å². The van der Waals surface area contributed by atoms with Crippen LogP contribution in [0.2, 0.25) is 0 Å². The zero-order valence-electron chi connectivity index (χ0n) is 16.2. The Kier molecular flexibility index (Phi) is 6.82. The van der Waals surface area contributed by atoms with Crippen LogP contribution in [-0.4, -0.2) is 71.4 Å². The van der Waals surface area contributed by atoms with E-state index < -0.39 is 29.2 Å². The maximum atomic E-state index is 12.7. The molecule has 1 fully saturated rings. The predicted molar refractivity (Wildman–Crippen MR) is 90.8 cm³/mol.